The van der Waals surface area contributed by atoms with Crippen LogP contribution < -0.4 is 25.6 Å². The summed E-state index contributed by atoms with van der Waals surface area (Å²) in [6, 6.07) is 7.68. The van der Waals surface area contributed by atoms with Crippen molar-refractivity contribution in [2.24, 2.45) is 5.92 Å². The Hall–Kier alpha value is -2.28. The first kappa shape index (κ1) is 22.4. The number of likely N-dealkylation sites (tertiary alicyclic amines) is 1. The molecule has 2 fully saturated rings. The van der Waals surface area contributed by atoms with Gasteiger partial charge in [0.2, 0.25) is 0 Å². The molecular formula is C23H37N4O3+. The first-order valence-corrected chi connectivity index (χ1v) is 11.5. The molecule has 7 nitrogen and oxygen atoms in total. The van der Waals surface area contributed by atoms with E-state index in [0.717, 1.165) is 43.8 Å². The number of carbonyl (C=O) groups excluding carboxylic acids is 2. The zero-order valence-electron chi connectivity index (χ0n) is 18.3. The Bertz CT molecular complexity index is 686. The maximum absolute atomic E-state index is 12.4. The number of piperidine rings is 1. The fourth-order valence-corrected chi connectivity index (χ4v) is 4.52. The van der Waals surface area contributed by atoms with Crippen LogP contribution in [0.4, 0.5) is 10.5 Å². The lowest BCUT2D eigenvalue weighted by atomic mass is 9.86. The molecule has 3 amide bonds. The standard InChI is InChI=1S/C23H36N4O3/c1-3-30-20-10-8-18(9-11-20)24-23(29)25-19-12-14-27(15-13-19)16-22(28)26-21-7-5-4-6-17(21)2/h8-11,17,19,21H,3-7,12-16H2,1-2H3,(H,26,28)(H2,24,25,29)/p+1/t17-,21-/m1/s1. The predicted octanol–water partition coefficient (Wildman–Crippen LogP) is 1.95. The molecule has 2 aliphatic rings. The second kappa shape index (κ2) is 11.2. The van der Waals surface area contributed by atoms with Crippen LogP contribution in [0.15, 0.2) is 24.3 Å². The van der Waals surface area contributed by atoms with Crippen LogP contribution in [0, 0.1) is 5.92 Å². The summed E-state index contributed by atoms with van der Waals surface area (Å²) >= 11 is 0. The number of urea groups is 1. The van der Waals surface area contributed by atoms with Crippen LogP contribution in [0.3, 0.4) is 0 Å². The fraction of sp³-hybridized carbons (Fsp3) is 0.652. The molecule has 0 aromatic heterocycles. The molecule has 1 aliphatic heterocycles. The monoisotopic (exact) mass is 417 g/mol. The number of amides is 3. The van der Waals surface area contributed by atoms with E-state index in [0.29, 0.717) is 25.1 Å². The number of hydrogen-bond donors (Lipinski definition) is 4. The summed E-state index contributed by atoms with van der Waals surface area (Å²) in [6.07, 6.45) is 6.60. The molecule has 166 valence electrons. The number of quaternary nitrogens is 1. The zero-order valence-corrected chi connectivity index (χ0v) is 18.3. The molecule has 1 saturated carbocycles. The Labute approximate surface area is 179 Å². The van der Waals surface area contributed by atoms with E-state index in [2.05, 4.69) is 22.9 Å². The van der Waals surface area contributed by atoms with Crippen LogP contribution in [0.1, 0.15) is 52.4 Å². The molecule has 0 spiro atoms. The maximum atomic E-state index is 12.4. The number of anilines is 1. The van der Waals surface area contributed by atoms with Crippen molar-refractivity contribution in [3.63, 3.8) is 0 Å². The van der Waals surface area contributed by atoms with E-state index >= 15 is 0 Å². The molecule has 0 unspecified atom stereocenters. The van der Waals surface area contributed by atoms with Gasteiger partial charge in [0, 0.05) is 30.6 Å². The summed E-state index contributed by atoms with van der Waals surface area (Å²) in [7, 11) is 0. The van der Waals surface area contributed by atoms with Gasteiger partial charge in [-0.1, -0.05) is 19.8 Å². The Balaban J connectivity index is 1.34. The zero-order chi connectivity index (χ0) is 21.3. The van der Waals surface area contributed by atoms with Gasteiger partial charge in [0.15, 0.2) is 6.54 Å². The minimum atomic E-state index is -0.184. The molecule has 2 atom stereocenters. The summed E-state index contributed by atoms with van der Waals surface area (Å²) in [5, 5.41) is 9.18. The van der Waals surface area contributed by atoms with Crippen molar-refractivity contribution in [1.29, 1.82) is 0 Å². The van der Waals surface area contributed by atoms with Crippen LogP contribution in [-0.4, -0.2) is 50.3 Å². The van der Waals surface area contributed by atoms with Gasteiger partial charge in [-0.3, -0.25) is 4.79 Å². The van der Waals surface area contributed by atoms with E-state index in [-0.39, 0.29) is 18.0 Å². The highest BCUT2D eigenvalue weighted by Gasteiger charge is 2.27. The lowest BCUT2D eigenvalue weighted by Gasteiger charge is -2.32. The summed E-state index contributed by atoms with van der Waals surface area (Å²) < 4.78 is 5.41. The normalized spacial score (nSPS) is 26.5. The largest absolute Gasteiger partial charge is 0.494 e. The number of nitrogens with one attached hydrogen (secondary N) is 4. The summed E-state index contributed by atoms with van der Waals surface area (Å²) in [6.45, 7) is 7.15. The number of carbonyl (C=O) groups is 2. The number of rotatable bonds is 7. The van der Waals surface area contributed by atoms with Crippen molar-refractivity contribution in [1.82, 2.24) is 10.6 Å². The average molecular weight is 418 g/mol. The number of hydrogen-bond acceptors (Lipinski definition) is 3. The highest BCUT2D eigenvalue weighted by atomic mass is 16.5. The van der Waals surface area contributed by atoms with Crippen molar-refractivity contribution in [2.75, 3.05) is 31.6 Å². The van der Waals surface area contributed by atoms with Gasteiger partial charge in [-0.2, -0.15) is 0 Å². The van der Waals surface area contributed by atoms with Crippen molar-refractivity contribution in [3.05, 3.63) is 24.3 Å². The van der Waals surface area contributed by atoms with E-state index in [1.807, 2.05) is 31.2 Å². The quantitative estimate of drug-likeness (QED) is 0.547. The smallest absolute Gasteiger partial charge is 0.319 e. The fourth-order valence-electron chi connectivity index (χ4n) is 4.52. The van der Waals surface area contributed by atoms with Gasteiger partial charge in [-0.15, -0.1) is 0 Å². The maximum Gasteiger partial charge on any atom is 0.319 e. The third-order valence-corrected chi connectivity index (χ3v) is 6.32. The van der Waals surface area contributed by atoms with Gasteiger partial charge in [0.1, 0.15) is 5.75 Å². The van der Waals surface area contributed by atoms with E-state index in [1.165, 1.54) is 24.2 Å². The van der Waals surface area contributed by atoms with E-state index in [9.17, 15) is 9.59 Å². The number of ether oxygens (including phenoxy) is 1. The average Bonchev–Trinajstić information content (AvgIpc) is 2.73. The van der Waals surface area contributed by atoms with Crippen molar-refractivity contribution in [3.8, 4) is 5.75 Å². The van der Waals surface area contributed by atoms with Crippen molar-refractivity contribution < 1.29 is 19.2 Å². The third-order valence-electron chi connectivity index (χ3n) is 6.32. The first-order chi connectivity index (χ1) is 14.5. The second-order valence-corrected chi connectivity index (χ2v) is 8.69. The molecule has 0 radical (unpaired) electrons. The lowest BCUT2D eigenvalue weighted by Crippen LogP contribution is -3.14. The summed E-state index contributed by atoms with van der Waals surface area (Å²) in [5.74, 6) is 1.55. The van der Waals surface area contributed by atoms with E-state index in [4.69, 9.17) is 4.74 Å². The van der Waals surface area contributed by atoms with Crippen LogP contribution in [0.2, 0.25) is 0 Å². The summed E-state index contributed by atoms with van der Waals surface area (Å²) in [4.78, 5) is 26.0. The second-order valence-electron chi connectivity index (χ2n) is 8.69. The molecule has 3 rings (SSSR count). The van der Waals surface area contributed by atoms with Crippen LogP contribution >= 0.6 is 0 Å². The van der Waals surface area contributed by atoms with E-state index in [1.54, 1.807) is 0 Å². The molecule has 1 aromatic carbocycles. The SMILES string of the molecule is CCOc1ccc(NC(=O)NC2CC[NH+](CC(=O)N[C@@H]3CCCC[C@H]3C)CC2)cc1. The van der Waals surface area contributed by atoms with Gasteiger partial charge in [0.25, 0.3) is 5.91 Å². The molecule has 1 saturated heterocycles. The molecule has 0 bridgehead atoms. The molecule has 7 heteroatoms. The van der Waals surface area contributed by atoms with E-state index < -0.39 is 0 Å². The van der Waals surface area contributed by atoms with Gasteiger partial charge in [-0.25, -0.2) is 4.79 Å². The molecule has 1 aromatic rings. The predicted molar refractivity (Wildman–Crippen MR) is 118 cm³/mol. The van der Waals surface area contributed by atoms with Crippen LogP contribution in [0.25, 0.3) is 0 Å². The minimum Gasteiger partial charge on any atom is -0.494 e. The van der Waals surface area contributed by atoms with Gasteiger partial charge in [-0.05, 0) is 49.9 Å². The van der Waals surface area contributed by atoms with Crippen LogP contribution in [0.5, 0.6) is 5.75 Å². The Kier molecular flexibility index (Phi) is 8.37. The van der Waals surface area contributed by atoms with Gasteiger partial charge in [0.05, 0.1) is 19.7 Å². The Morgan fingerprint density at radius 3 is 2.40 bits per heavy atom. The molecule has 1 aliphatic carbocycles. The molecule has 4 N–H and O–H groups in total. The molecular weight excluding hydrogens is 380 g/mol. The Morgan fingerprint density at radius 2 is 1.73 bits per heavy atom. The highest BCUT2D eigenvalue weighted by Crippen LogP contribution is 2.23. The third kappa shape index (κ3) is 6.90. The topological polar surface area (TPSA) is 83.9 Å². The lowest BCUT2D eigenvalue weighted by molar-refractivity contribution is -0.897. The van der Waals surface area contributed by atoms with Gasteiger partial charge < -0.3 is 25.6 Å². The minimum absolute atomic E-state index is 0.151. The highest BCUT2D eigenvalue weighted by molar-refractivity contribution is 5.89. The van der Waals surface area contributed by atoms with Crippen molar-refractivity contribution >= 4 is 17.6 Å². The van der Waals surface area contributed by atoms with Crippen molar-refractivity contribution in [2.45, 2.75) is 64.5 Å². The van der Waals surface area contributed by atoms with Crippen LogP contribution in [-0.2, 0) is 4.79 Å². The molecule has 30 heavy (non-hydrogen) atoms. The molecule has 1 heterocycles. The summed E-state index contributed by atoms with van der Waals surface area (Å²) in [5.41, 5.74) is 0.743. The Morgan fingerprint density at radius 1 is 1.03 bits per heavy atom. The number of benzene rings is 1. The van der Waals surface area contributed by atoms with Gasteiger partial charge >= 0.3 is 6.03 Å². The first-order valence-electron chi connectivity index (χ1n) is 11.5.